The quantitative estimate of drug-likeness (QED) is 0.245. The molecule has 0 aliphatic heterocycles. The Morgan fingerprint density at radius 1 is 0.950 bits per heavy atom. The van der Waals surface area contributed by atoms with Gasteiger partial charge in [-0.3, -0.25) is 19.2 Å². The topological polar surface area (TPSA) is 86.7 Å². The highest BCUT2D eigenvalue weighted by Gasteiger charge is 2.54. The fraction of sp³-hybridized carbons (Fsp3) is 0.714. The van der Waals surface area contributed by atoms with Gasteiger partial charge in [-0.1, -0.05) is 13.8 Å². The van der Waals surface area contributed by atoms with Gasteiger partial charge >= 0.3 is 0 Å². The van der Waals surface area contributed by atoms with Crippen molar-refractivity contribution >= 4 is 24.1 Å². The molecule has 6 nitrogen and oxygen atoms in total. The Hall–Kier alpha value is -1.40. The predicted octanol–water partition coefficient (Wildman–Crippen LogP) is 1.10. The summed E-state index contributed by atoms with van der Waals surface area (Å²) in [6.45, 7) is 6.54. The first-order valence-corrected chi connectivity index (χ1v) is 6.73. The van der Waals surface area contributed by atoms with E-state index in [9.17, 15) is 19.2 Å². The van der Waals surface area contributed by atoms with Gasteiger partial charge in [0, 0.05) is 13.2 Å². The molecule has 0 spiro atoms. The molecule has 0 radical (unpaired) electrons. The molecule has 6 heteroatoms. The maximum Gasteiger partial charge on any atom is 0.288 e. The molecule has 0 aromatic heterocycles. The van der Waals surface area contributed by atoms with Gasteiger partial charge < -0.3 is 9.47 Å². The van der Waals surface area contributed by atoms with Crippen LogP contribution in [0.2, 0.25) is 0 Å². The average Bonchev–Trinajstić information content (AvgIpc) is 2.48. The van der Waals surface area contributed by atoms with Crippen LogP contribution in [0.1, 0.15) is 40.5 Å². The van der Waals surface area contributed by atoms with Gasteiger partial charge in [-0.2, -0.15) is 0 Å². The second-order valence-electron chi connectivity index (χ2n) is 4.25. The van der Waals surface area contributed by atoms with Crippen LogP contribution in [0.4, 0.5) is 0 Å². The van der Waals surface area contributed by atoms with Crippen LogP contribution in [-0.2, 0) is 28.7 Å². The molecule has 114 valence electrons. The van der Waals surface area contributed by atoms with Crippen molar-refractivity contribution in [2.24, 2.45) is 5.41 Å². The van der Waals surface area contributed by atoms with Crippen LogP contribution in [0.25, 0.3) is 0 Å². The lowest BCUT2D eigenvalue weighted by Gasteiger charge is -2.35. The largest absolute Gasteiger partial charge is 0.338 e. The number of carbonyl (C=O) groups excluding carboxylic acids is 4. The molecule has 0 N–H and O–H groups in total. The molecule has 0 aromatic carbocycles. The predicted molar refractivity (Wildman–Crippen MR) is 71.1 cm³/mol. The first-order chi connectivity index (χ1) is 9.44. The number of Topliss-reactive ketones (excluding diaryl/α,β-unsaturated/α-hetero) is 2. The van der Waals surface area contributed by atoms with E-state index in [1.165, 1.54) is 0 Å². The number of ether oxygens (including phenoxy) is 2. The molecule has 0 saturated heterocycles. The molecule has 0 amide bonds. The molecule has 0 aliphatic carbocycles. The van der Waals surface area contributed by atoms with E-state index in [2.05, 4.69) is 0 Å². The van der Waals surface area contributed by atoms with E-state index in [0.717, 1.165) is 0 Å². The molecule has 0 unspecified atom stereocenters. The number of hydrogen-bond donors (Lipinski definition) is 0. The Morgan fingerprint density at radius 3 is 1.65 bits per heavy atom. The van der Waals surface area contributed by atoms with Gasteiger partial charge in [0.1, 0.15) is 5.41 Å². The van der Waals surface area contributed by atoms with Crippen LogP contribution in [0, 0.1) is 5.41 Å². The molecule has 0 fully saturated rings. The molecule has 0 aliphatic rings. The molecular weight excluding hydrogens is 264 g/mol. The van der Waals surface area contributed by atoms with Crippen molar-refractivity contribution in [3.8, 4) is 0 Å². The first kappa shape index (κ1) is 18.6. The van der Waals surface area contributed by atoms with Gasteiger partial charge in [0.05, 0.1) is 0 Å². The van der Waals surface area contributed by atoms with E-state index in [1.807, 2.05) is 0 Å². The molecule has 0 rings (SSSR count). The number of ketones is 2. The summed E-state index contributed by atoms with van der Waals surface area (Å²) in [6.07, 6.45) is 0.546. The second kappa shape index (κ2) is 8.01. The van der Waals surface area contributed by atoms with Crippen molar-refractivity contribution in [2.45, 2.75) is 46.3 Å². The summed E-state index contributed by atoms with van der Waals surface area (Å²) in [6, 6.07) is 0. The van der Waals surface area contributed by atoms with E-state index in [0.29, 0.717) is 0 Å². The van der Waals surface area contributed by atoms with Crippen LogP contribution in [0.5, 0.6) is 0 Å². The fourth-order valence-corrected chi connectivity index (χ4v) is 2.20. The zero-order valence-corrected chi connectivity index (χ0v) is 12.4. The molecule has 0 atom stereocenters. The summed E-state index contributed by atoms with van der Waals surface area (Å²) >= 11 is 0. The Morgan fingerprint density at radius 2 is 1.40 bits per heavy atom. The van der Waals surface area contributed by atoms with Crippen LogP contribution < -0.4 is 0 Å². The Labute approximate surface area is 118 Å². The lowest BCUT2D eigenvalue weighted by molar-refractivity contribution is -0.220. The number of rotatable bonds is 11. The average molecular weight is 286 g/mol. The minimum absolute atomic E-state index is 0.0588. The standard InChI is InChI=1S/C14H22O6/c1-5-13(6-2,11(17)9-15)12(18)14(10-16,19-7-3)20-8-4/h9-10H,5-8H2,1-4H3. The van der Waals surface area contributed by atoms with Crippen LogP contribution in [0.15, 0.2) is 0 Å². The van der Waals surface area contributed by atoms with Crippen molar-refractivity contribution in [1.82, 2.24) is 0 Å². The summed E-state index contributed by atoms with van der Waals surface area (Å²) in [5.74, 6) is -3.81. The maximum atomic E-state index is 12.7. The zero-order chi connectivity index (χ0) is 15.8. The van der Waals surface area contributed by atoms with Gasteiger partial charge in [0.15, 0.2) is 12.6 Å². The molecule has 0 bridgehead atoms. The van der Waals surface area contributed by atoms with Crippen molar-refractivity contribution in [3.63, 3.8) is 0 Å². The molecule has 0 saturated carbocycles. The maximum absolute atomic E-state index is 12.7. The highest BCUT2D eigenvalue weighted by molar-refractivity contribution is 6.35. The van der Waals surface area contributed by atoms with E-state index in [-0.39, 0.29) is 38.6 Å². The van der Waals surface area contributed by atoms with Crippen LogP contribution in [-0.4, -0.2) is 43.1 Å². The molecule has 0 aromatic rings. The minimum atomic E-state index is -2.13. The number of hydrogen-bond acceptors (Lipinski definition) is 6. The smallest absolute Gasteiger partial charge is 0.288 e. The van der Waals surface area contributed by atoms with Gasteiger partial charge in [0.2, 0.25) is 11.6 Å². The van der Waals surface area contributed by atoms with E-state index in [4.69, 9.17) is 9.47 Å². The first-order valence-electron chi connectivity index (χ1n) is 6.73. The normalized spacial score (nSPS) is 12.0. The SMILES string of the molecule is CCOC(C=O)(OCC)C(=O)C(CC)(CC)C(=O)C=O. The minimum Gasteiger partial charge on any atom is -0.338 e. The van der Waals surface area contributed by atoms with E-state index in [1.54, 1.807) is 27.7 Å². The third-order valence-electron chi connectivity index (χ3n) is 3.41. The molecular formula is C14H22O6. The summed E-state index contributed by atoms with van der Waals surface area (Å²) < 4.78 is 10.4. The third-order valence-corrected chi connectivity index (χ3v) is 3.41. The highest BCUT2D eigenvalue weighted by Crippen LogP contribution is 2.34. The summed E-state index contributed by atoms with van der Waals surface area (Å²) in [5.41, 5.74) is -1.59. The van der Waals surface area contributed by atoms with Gasteiger partial charge in [-0.25, -0.2) is 0 Å². The van der Waals surface area contributed by atoms with E-state index < -0.39 is 22.8 Å². The third kappa shape index (κ3) is 3.19. The number of aldehydes is 2. The van der Waals surface area contributed by atoms with Crippen molar-refractivity contribution in [1.29, 1.82) is 0 Å². The summed E-state index contributed by atoms with van der Waals surface area (Å²) in [4.78, 5) is 46.8. The van der Waals surface area contributed by atoms with Crippen LogP contribution in [0.3, 0.4) is 0 Å². The molecule has 20 heavy (non-hydrogen) atoms. The van der Waals surface area contributed by atoms with E-state index >= 15 is 0 Å². The Bertz CT molecular complexity index is 364. The van der Waals surface area contributed by atoms with Gasteiger partial charge in [-0.05, 0) is 26.7 Å². The van der Waals surface area contributed by atoms with Crippen molar-refractivity contribution < 1.29 is 28.7 Å². The molecule has 0 heterocycles. The lowest BCUT2D eigenvalue weighted by atomic mass is 9.72. The summed E-state index contributed by atoms with van der Waals surface area (Å²) in [5, 5.41) is 0. The zero-order valence-electron chi connectivity index (χ0n) is 12.4. The van der Waals surface area contributed by atoms with Gasteiger partial charge in [-0.15, -0.1) is 0 Å². The second-order valence-corrected chi connectivity index (χ2v) is 4.25. The van der Waals surface area contributed by atoms with Crippen molar-refractivity contribution in [2.75, 3.05) is 13.2 Å². The monoisotopic (exact) mass is 286 g/mol. The number of carbonyl (C=O) groups is 4. The van der Waals surface area contributed by atoms with Gasteiger partial charge in [0.25, 0.3) is 5.79 Å². The van der Waals surface area contributed by atoms with Crippen LogP contribution >= 0.6 is 0 Å². The Kier molecular flexibility index (Phi) is 7.45. The Balaban J connectivity index is 5.87. The lowest BCUT2D eigenvalue weighted by Crippen LogP contribution is -2.56. The fourth-order valence-electron chi connectivity index (χ4n) is 2.20. The highest BCUT2D eigenvalue weighted by atomic mass is 16.7. The van der Waals surface area contributed by atoms with Crippen molar-refractivity contribution in [3.05, 3.63) is 0 Å². The summed E-state index contributed by atoms with van der Waals surface area (Å²) in [7, 11) is 0.